The number of hydrogen-bond donors (Lipinski definition) is 1. The average Bonchev–Trinajstić information content (AvgIpc) is 2.45. The molecular formula is C17H26N2O3. The average molecular weight is 306 g/mol. The van der Waals surface area contributed by atoms with Crippen molar-refractivity contribution in [1.29, 1.82) is 0 Å². The second kappa shape index (κ2) is 4.80. The summed E-state index contributed by atoms with van der Waals surface area (Å²) in [5, 5.41) is 2.52. The lowest BCUT2D eigenvalue weighted by Crippen LogP contribution is -2.64. The van der Waals surface area contributed by atoms with Crippen LogP contribution >= 0.6 is 0 Å². The Kier molecular flexibility index (Phi) is 3.38. The van der Waals surface area contributed by atoms with Crippen molar-refractivity contribution in [3.05, 3.63) is 0 Å². The molecule has 2 saturated heterocycles. The highest BCUT2D eigenvalue weighted by molar-refractivity contribution is 6.04. The van der Waals surface area contributed by atoms with Crippen molar-refractivity contribution < 1.29 is 14.4 Å². The number of piperidine rings is 2. The summed E-state index contributed by atoms with van der Waals surface area (Å²) in [4.78, 5) is 39.6. The molecule has 1 N–H and O–H groups in total. The maximum absolute atomic E-state index is 13.1. The Hall–Kier alpha value is -1.39. The second-order valence-electron chi connectivity index (χ2n) is 8.35. The van der Waals surface area contributed by atoms with Crippen molar-refractivity contribution in [2.45, 2.75) is 59.3 Å². The molecule has 0 aromatic rings. The summed E-state index contributed by atoms with van der Waals surface area (Å²) in [6.45, 7) is 7.36. The van der Waals surface area contributed by atoms with Crippen LogP contribution in [0.3, 0.4) is 0 Å². The van der Waals surface area contributed by atoms with Crippen LogP contribution in [0.2, 0.25) is 0 Å². The van der Waals surface area contributed by atoms with E-state index in [9.17, 15) is 14.4 Å². The number of carbonyl (C=O) groups excluding carboxylic acids is 3. The quantitative estimate of drug-likeness (QED) is 0.752. The zero-order valence-corrected chi connectivity index (χ0v) is 13.8. The molecule has 3 aliphatic rings. The summed E-state index contributed by atoms with van der Waals surface area (Å²) < 4.78 is 0. The molecule has 5 heteroatoms. The highest BCUT2D eigenvalue weighted by Crippen LogP contribution is 2.57. The van der Waals surface area contributed by atoms with Gasteiger partial charge in [0.1, 0.15) is 0 Å². The van der Waals surface area contributed by atoms with E-state index >= 15 is 0 Å². The van der Waals surface area contributed by atoms with E-state index in [1.165, 1.54) is 6.42 Å². The largest absolute Gasteiger partial charge is 0.342 e. The van der Waals surface area contributed by atoms with Crippen molar-refractivity contribution in [3.63, 3.8) is 0 Å². The zero-order chi connectivity index (χ0) is 16.2. The van der Waals surface area contributed by atoms with E-state index in [0.29, 0.717) is 19.3 Å². The fraction of sp³-hybridized carbons (Fsp3) is 0.824. The van der Waals surface area contributed by atoms with Gasteiger partial charge in [0.25, 0.3) is 0 Å². The van der Waals surface area contributed by atoms with E-state index in [1.54, 1.807) is 0 Å². The Morgan fingerprint density at radius 3 is 1.91 bits per heavy atom. The minimum Gasteiger partial charge on any atom is -0.342 e. The standard InChI is InChI=1S/C17H26N2O3/c1-15-9-16(2,13(21)18-12(15)20)11-17(3,10-15)14(22)19-7-5-4-6-8-19/h4-11H2,1-3H3,(H,18,20,21). The van der Waals surface area contributed by atoms with Gasteiger partial charge in [0.2, 0.25) is 17.7 Å². The molecule has 2 heterocycles. The number of rotatable bonds is 1. The van der Waals surface area contributed by atoms with Crippen LogP contribution in [-0.4, -0.2) is 35.7 Å². The van der Waals surface area contributed by atoms with Gasteiger partial charge in [-0.15, -0.1) is 0 Å². The van der Waals surface area contributed by atoms with E-state index in [1.807, 2.05) is 25.7 Å². The van der Waals surface area contributed by atoms with E-state index < -0.39 is 16.2 Å². The van der Waals surface area contributed by atoms with Crippen molar-refractivity contribution in [1.82, 2.24) is 10.2 Å². The first-order chi connectivity index (χ1) is 10.2. The summed E-state index contributed by atoms with van der Waals surface area (Å²) >= 11 is 0. The van der Waals surface area contributed by atoms with E-state index in [0.717, 1.165) is 25.9 Å². The molecule has 0 aromatic carbocycles. The first-order valence-electron chi connectivity index (χ1n) is 8.34. The SMILES string of the molecule is CC12CC(C)(CC(C)(C(=O)N3CCCCC3)C1)C(=O)NC2=O. The fourth-order valence-corrected chi connectivity index (χ4v) is 5.13. The lowest BCUT2D eigenvalue weighted by molar-refractivity contribution is -0.168. The van der Waals surface area contributed by atoms with Crippen LogP contribution in [0.15, 0.2) is 0 Å². The van der Waals surface area contributed by atoms with Gasteiger partial charge in [0.15, 0.2) is 0 Å². The Labute approximate surface area is 131 Å². The zero-order valence-electron chi connectivity index (χ0n) is 13.8. The number of fused-ring (bicyclic) bond motifs is 2. The summed E-state index contributed by atoms with van der Waals surface area (Å²) in [6, 6.07) is 0. The summed E-state index contributed by atoms with van der Waals surface area (Å²) in [7, 11) is 0. The fourth-order valence-electron chi connectivity index (χ4n) is 5.13. The monoisotopic (exact) mass is 306 g/mol. The third-order valence-corrected chi connectivity index (χ3v) is 5.82. The molecule has 1 saturated carbocycles. The molecule has 0 aromatic heterocycles. The molecule has 22 heavy (non-hydrogen) atoms. The third kappa shape index (κ3) is 2.25. The first kappa shape index (κ1) is 15.5. The number of hydrogen-bond acceptors (Lipinski definition) is 3. The maximum atomic E-state index is 13.1. The number of amides is 3. The second-order valence-corrected chi connectivity index (χ2v) is 8.35. The van der Waals surface area contributed by atoms with Gasteiger partial charge < -0.3 is 4.90 Å². The predicted molar refractivity (Wildman–Crippen MR) is 81.8 cm³/mol. The lowest BCUT2D eigenvalue weighted by Gasteiger charge is -2.54. The lowest BCUT2D eigenvalue weighted by atomic mass is 9.52. The summed E-state index contributed by atoms with van der Waals surface area (Å²) in [6.07, 6.45) is 4.89. The topological polar surface area (TPSA) is 66.5 Å². The van der Waals surface area contributed by atoms with E-state index in [4.69, 9.17) is 0 Å². The molecule has 3 rings (SSSR count). The third-order valence-electron chi connectivity index (χ3n) is 5.82. The van der Waals surface area contributed by atoms with Crippen LogP contribution in [0, 0.1) is 16.2 Å². The Balaban J connectivity index is 1.91. The predicted octanol–water partition coefficient (Wildman–Crippen LogP) is 1.86. The van der Waals surface area contributed by atoms with Gasteiger partial charge in [-0.05, 0) is 38.5 Å². The van der Waals surface area contributed by atoms with Gasteiger partial charge in [0.05, 0.1) is 0 Å². The van der Waals surface area contributed by atoms with Gasteiger partial charge in [0, 0.05) is 29.3 Å². The molecule has 2 atom stereocenters. The summed E-state index contributed by atoms with van der Waals surface area (Å²) in [5.74, 6) is -0.300. The van der Waals surface area contributed by atoms with Crippen molar-refractivity contribution >= 4 is 17.7 Å². The Morgan fingerprint density at radius 1 is 0.909 bits per heavy atom. The van der Waals surface area contributed by atoms with Crippen LogP contribution in [-0.2, 0) is 14.4 Å². The van der Waals surface area contributed by atoms with Crippen LogP contribution in [0.1, 0.15) is 59.3 Å². The number of carbonyl (C=O) groups is 3. The maximum Gasteiger partial charge on any atom is 0.232 e. The summed E-state index contributed by atoms with van der Waals surface area (Å²) in [5.41, 5.74) is -1.87. The minimum atomic E-state index is -0.624. The molecule has 2 bridgehead atoms. The molecule has 1 aliphatic carbocycles. The van der Waals surface area contributed by atoms with Crippen LogP contribution < -0.4 is 5.32 Å². The van der Waals surface area contributed by atoms with Gasteiger partial charge >= 0.3 is 0 Å². The van der Waals surface area contributed by atoms with Crippen molar-refractivity contribution in [2.24, 2.45) is 16.2 Å². The minimum absolute atomic E-state index is 0.131. The van der Waals surface area contributed by atoms with Crippen LogP contribution in [0.25, 0.3) is 0 Å². The van der Waals surface area contributed by atoms with Crippen molar-refractivity contribution in [3.8, 4) is 0 Å². The number of imide groups is 1. The molecular weight excluding hydrogens is 280 g/mol. The van der Waals surface area contributed by atoms with E-state index in [2.05, 4.69) is 5.32 Å². The molecule has 0 radical (unpaired) electrons. The first-order valence-corrected chi connectivity index (χ1v) is 8.34. The Morgan fingerprint density at radius 2 is 1.41 bits per heavy atom. The normalized spacial score (nSPS) is 42.0. The van der Waals surface area contributed by atoms with E-state index in [-0.39, 0.29) is 17.7 Å². The highest BCUT2D eigenvalue weighted by Gasteiger charge is 2.61. The van der Waals surface area contributed by atoms with Crippen LogP contribution in [0.5, 0.6) is 0 Å². The smallest absolute Gasteiger partial charge is 0.232 e. The van der Waals surface area contributed by atoms with Crippen LogP contribution in [0.4, 0.5) is 0 Å². The van der Waals surface area contributed by atoms with Gasteiger partial charge in [-0.25, -0.2) is 0 Å². The molecule has 2 aliphatic heterocycles. The van der Waals surface area contributed by atoms with Gasteiger partial charge in [-0.2, -0.15) is 0 Å². The molecule has 2 unspecified atom stereocenters. The number of nitrogens with one attached hydrogen (secondary N) is 1. The van der Waals surface area contributed by atoms with Crippen molar-refractivity contribution in [2.75, 3.05) is 13.1 Å². The molecule has 0 spiro atoms. The Bertz CT molecular complexity index is 510. The number of likely N-dealkylation sites (tertiary alicyclic amines) is 1. The number of nitrogens with zero attached hydrogens (tertiary/aromatic N) is 1. The molecule has 3 fully saturated rings. The molecule has 122 valence electrons. The highest BCUT2D eigenvalue weighted by atomic mass is 16.2. The van der Waals surface area contributed by atoms with Gasteiger partial charge in [-0.1, -0.05) is 20.8 Å². The molecule has 5 nitrogen and oxygen atoms in total. The molecule has 3 amide bonds. The van der Waals surface area contributed by atoms with Gasteiger partial charge in [-0.3, -0.25) is 19.7 Å².